The van der Waals surface area contributed by atoms with Crippen LogP contribution in [0.5, 0.6) is 0 Å². The Morgan fingerprint density at radius 2 is 1.68 bits per heavy atom. The monoisotopic (exact) mass is 277 g/mol. The van der Waals surface area contributed by atoms with Crippen molar-refractivity contribution in [3.05, 3.63) is 65.5 Å². The SMILES string of the molecule is Cc1ccc(S(=O)(=O)/N=C/c2ccccc2F)cc1. The molecule has 2 aromatic carbocycles. The molecule has 0 spiro atoms. The highest BCUT2D eigenvalue weighted by Gasteiger charge is 2.11. The van der Waals surface area contributed by atoms with Crippen LogP contribution in [0.15, 0.2) is 57.8 Å². The van der Waals surface area contributed by atoms with Crippen molar-refractivity contribution in [2.45, 2.75) is 11.8 Å². The van der Waals surface area contributed by atoms with Crippen LogP contribution in [-0.2, 0) is 10.0 Å². The topological polar surface area (TPSA) is 46.5 Å². The number of hydrogen-bond acceptors (Lipinski definition) is 2. The summed E-state index contributed by atoms with van der Waals surface area (Å²) in [6, 6.07) is 12.2. The lowest BCUT2D eigenvalue weighted by molar-refractivity contribution is 0.598. The molecule has 0 amide bonds. The number of halogens is 1. The van der Waals surface area contributed by atoms with Crippen LogP contribution in [0.1, 0.15) is 11.1 Å². The van der Waals surface area contributed by atoms with Gasteiger partial charge in [0, 0.05) is 5.56 Å². The highest BCUT2D eigenvalue weighted by atomic mass is 32.2. The summed E-state index contributed by atoms with van der Waals surface area (Å²) in [6.45, 7) is 1.86. The molecule has 2 rings (SSSR count). The van der Waals surface area contributed by atoms with Crippen molar-refractivity contribution in [1.82, 2.24) is 0 Å². The minimum atomic E-state index is -3.79. The molecular formula is C14H12FNO2S. The van der Waals surface area contributed by atoms with Gasteiger partial charge in [0.05, 0.1) is 11.1 Å². The molecule has 0 aliphatic carbocycles. The maximum absolute atomic E-state index is 13.3. The van der Waals surface area contributed by atoms with Crippen LogP contribution in [-0.4, -0.2) is 14.6 Å². The average Bonchev–Trinajstić information content (AvgIpc) is 2.38. The van der Waals surface area contributed by atoms with E-state index in [4.69, 9.17) is 0 Å². The molecule has 3 nitrogen and oxygen atoms in total. The summed E-state index contributed by atoms with van der Waals surface area (Å²) in [5, 5.41) is 0. The van der Waals surface area contributed by atoms with Gasteiger partial charge in [-0.25, -0.2) is 4.39 Å². The Hall–Kier alpha value is -2.01. The highest BCUT2D eigenvalue weighted by Crippen LogP contribution is 2.13. The summed E-state index contributed by atoms with van der Waals surface area (Å²) >= 11 is 0. The van der Waals surface area contributed by atoms with E-state index in [1.807, 2.05) is 6.92 Å². The van der Waals surface area contributed by atoms with Crippen molar-refractivity contribution >= 4 is 16.2 Å². The zero-order valence-corrected chi connectivity index (χ0v) is 11.1. The fourth-order valence-corrected chi connectivity index (χ4v) is 2.33. The second-order valence-electron chi connectivity index (χ2n) is 4.04. The first-order valence-electron chi connectivity index (χ1n) is 5.60. The van der Waals surface area contributed by atoms with E-state index in [-0.39, 0.29) is 10.5 Å². The van der Waals surface area contributed by atoms with Crippen LogP contribution in [0.3, 0.4) is 0 Å². The Labute approximate surface area is 111 Å². The zero-order chi connectivity index (χ0) is 13.9. The van der Waals surface area contributed by atoms with Gasteiger partial charge in [-0.15, -0.1) is 0 Å². The van der Waals surface area contributed by atoms with Gasteiger partial charge in [0.25, 0.3) is 10.0 Å². The molecule has 2 aromatic rings. The first-order chi connectivity index (χ1) is 8.99. The largest absolute Gasteiger partial charge is 0.282 e. The van der Waals surface area contributed by atoms with Crippen molar-refractivity contribution in [1.29, 1.82) is 0 Å². The Kier molecular flexibility index (Phi) is 3.76. The predicted octanol–water partition coefficient (Wildman–Crippen LogP) is 2.94. The molecule has 0 saturated carbocycles. The van der Waals surface area contributed by atoms with Gasteiger partial charge in [0.15, 0.2) is 0 Å². The minimum absolute atomic E-state index is 0.0886. The van der Waals surface area contributed by atoms with Gasteiger partial charge in [-0.2, -0.15) is 12.8 Å². The third-order valence-electron chi connectivity index (χ3n) is 2.55. The minimum Gasteiger partial charge on any atom is -0.206 e. The van der Waals surface area contributed by atoms with E-state index in [0.29, 0.717) is 0 Å². The number of benzene rings is 2. The van der Waals surface area contributed by atoms with Crippen molar-refractivity contribution < 1.29 is 12.8 Å². The highest BCUT2D eigenvalue weighted by molar-refractivity contribution is 7.90. The third-order valence-corrected chi connectivity index (χ3v) is 3.81. The first-order valence-corrected chi connectivity index (χ1v) is 7.04. The number of sulfonamides is 1. The predicted molar refractivity (Wildman–Crippen MR) is 72.4 cm³/mol. The molecule has 0 atom stereocenters. The number of aryl methyl sites for hydroxylation is 1. The van der Waals surface area contributed by atoms with Gasteiger partial charge < -0.3 is 0 Å². The molecule has 0 aliphatic heterocycles. The molecular weight excluding hydrogens is 265 g/mol. The van der Waals surface area contributed by atoms with E-state index in [1.54, 1.807) is 18.2 Å². The average molecular weight is 277 g/mol. The van der Waals surface area contributed by atoms with E-state index < -0.39 is 15.8 Å². The lowest BCUT2D eigenvalue weighted by Crippen LogP contribution is -1.98. The molecule has 0 N–H and O–H groups in total. The number of nitrogens with zero attached hydrogens (tertiary/aromatic N) is 1. The summed E-state index contributed by atoms with van der Waals surface area (Å²) < 4.78 is 40.6. The summed E-state index contributed by atoms with van der Waals surface area (Å²) in [5.41, 5.74) is 1.09. The molecule has 19 heavy (non-hydrogen) atoms. The molecule has 0 fully saturated rings. The lowest BCUT2D eigenvalue weighted by atomic mass is 10.2. The fraction of sp³-hybridized carbons (Fsp3) is 0.0714. The van der Waals surface area contributed by atoms with Gasteiger partial charge in [-0.3, -0.25) is 0 Å². The summed E-state index contributed by atoms with van der Waals surface area (Å²) in [7, 11) is -3.79. The first kappa shape index (κ1) is 13.4. The van der Waals surface area contributed by atoms with Crippen molar-refractivity contribution in [3.8, 4) is 0 Å². The summed E-state index contributed by atoms with van der Waals surface area (Å²) in [5.74, 6) is -0.509. The third kappa shape index (κ3) is 3.26. The van der Waals surface area contributed by atoms with Gasteiger partial charge >= 0.3 is 0 Å². The Morgan fingerprint density at radius 1 is 1.05 bits per heavy atom. The molecule has 98 valence electrons. The fourth-order valence-electron chi connectivity index (χ4n) is 1.48. The molecule has 0 aromatic heterocycles. The number of rotatable bonds is 3. The number of hydrogen-bond donors (Lipinski definition) is 0. The lowest BCUT2D eigenvalue weighted by Gasteiger charge is -1.99. The van der Waals surface area contributed by atoms with E-state index in [0.717, 1.165) is 11.8 Å². The maximum Gasteiger partial charge on any atom is 0.282 e. The van der Waals surface area contributed by atoms with E-state index >= 15 is 0 Å². The van der Waals surface area contributed by atoms with Crippen LogP contribution in [0.2, 0.25) is 0 Å². The van der Waals surface area contributed by atoms with E-state index in [1.165, 1.54) is 30.3 Å². The van der Waals surface area contributed by atoms with Crippen LogP contribution in [0.4, 0.5) is 4.39 Å². The van der Waals surface area contributed by atoms with Crippen molar-refractivity contribution in [2.75, 3.05) is 0 Å². The van der Waals surface area contributed by atoms with Crippen LogP contribution >= 0.6 is 0 Å². The van der Waals surface area contributed by atoms with Gasteiger partial charge in [0.2, 0.25) is 0 Å². The smallest absolute Gasteiger partial charge is 0.206 e. The molecule has 5 heteroatoms. The van der Waals surface area contributed by atoms with E-state index in [9.17, 15) is 12.8 Å². The second-order valence-corrected chi connectivity index (χ2v) is 5.68. The molecule has 0 bridgehead atoms. The molecule has 0 unspecified atom stereocenters. The second kappa shape index (κ2) is 5.32. The van der Waals surface area contributed by atoms with Crippen molar-refractivity contribution in [2.24, 2.45) is 4.40 Å². The summed E-state index contributed by atoms with van der Waals surface area (Å²) in [6.07, 6.45) is 1.02. The normalized spacial score (nSPS) is 11.9. The summed E-state index contributed by atoms with van der Waals surface area (Å²) in [4.78, 5) is 0.0886. The quantitative estimate of drug-likeness (QED) is 0.810. The van der Waals surface area contributed by atoms with Crippen LogP contribution < -0.4 is 0 Å². The van der Waals surface area contributed by atoms with Gasteiger partial charge in [0.1, 0.15) is 5.82 Å². The standard InChI is InChI=1S/C14H12FNO2S/c1-11-6-8-13(9-7-11)19(17,18)16-10-12-4-2-3-5-14(12)15/h2-10H,1H3/b16-10+. The Balaban J connectivity index is 2.32. The zero-order valence-electron chi connectivity index (χ0n) is 10.2. The van der Waals surface area contributed by atoms with E-state index in [2.05, 4.69) is 4.40 Å². The maximum atomic E-state index is 13.3. The van der Waals surface area contributed by atoms with Crippen LogP contribution in [0.25, 0.3) is 0 Å². The van der Waals surface area contributed by atoms with Crippen LogP contribution in [0, 0.1) is 12.7 Å². The molecule has 0 aliphatic rings. The Bertz CT molecular complexity index is 706. The molecule has 0 radical (unpaired) electrons. The molecule has 0 saturated heterocycles. The van der Waals surface area contributed by atoms with Gasteiger partial charge in [-0.05, 0) is 25.1 Å². The Morgan fingerprint density at radius 3 is 2.32 bits per heavy atom. The van der Waals surface area contributed by atoms with Gasteiger partial charge in [-0.1, -0.05) is 35.9 Å². The molecule has 0 heterocycles. The van der Waals surface area contributed by atoms with Crippen molar-refractivity contribution in [3.63, 3.8) is 0 Å².